The fraction of sp³-hybridized carbons (Fsp3) is 0.300. The van der Waals surface area contributed by atoms with Gasteiger partial charge in [0, 0.05) is 55.2 Å². The molecule has 1 saturated heterocycles. The number of hydrogen-bond acceptors (Lipinski definition) is 5. The average Bonchev–Trinajstić information content (AvgIpc) is 2.70. The second-order valence-electron chi connectivity index (χ2n) is 6.64. The molecule has 2 aromatic carbocycles. The molecule has 140 valence electrons. The lowest BCUT2D eigenvalue weighted by Crippen LogP contribution is -2.46. The van der Waals surface area contributed by atoms with Crippen molar-refractivity contribution in [1.29, 1.82) is 0 Å². The van der Waals surface area contributed by atoms with Gasteiger partial charge in [0.25, 0.3) is 0 Å². The van der Waals surface area contributed by atoms with Crippen LogP contribution in [0.25, 0.3) is 10.9 Å². The number of anilines is 2. The number of benzene rings is 2. The highest BCUT2D eigenvalue weighted by atomic mass is 35.5. The molecule has 1 aromatic heterocycles. The second-order valence-corrected chi connectivity index (χ2v) is 7.48. The number of para-hydroxylation sites is 1. The van der Waals surface area contributed by atoms with E-state index in [0.29, 0.717) is 5.02 Å². The molecule has 7 heteroatoms. The Morgan fingerprint density at radius 3 is 2.52 bits per heavy atom. The summed E-state index contributed by atoms with van der Waals surface area (Å²) < 4.78 is 0. The Hall–Kier alpha value is -2.08. The van der Waals surface area contributed by atoms with Gasteiger partial charge in [-0.1, -0.05) is 41.4 Å². The number of fused-ring (bicyclic) bond motifs is 1. The number of halogens is 2. The molecule has 0 aliphatic carbocycles. The Kier molecular flexibility index (Phi) is 5.34. The van der Waals surface area contributed by atoms with E-state index in [1.165, 1.54) is 0 Å². The zero-order chi connectivity index (χ0) is 18.8. The molecule has 0 bridgehead atoms. The second kappa shape index (κ2) is 7.89. The van der Waals surface area contributed by atoms with Gasteiger partial charge in [-0.05, 0) is 29.8 Å². The summed E-state index contributed by atoms with van der Waals surface area (Å²) in [5.74, 6) is 1.65. The van der Waals surface area contributed by atoms with Crippen molar-refractivity contribution >= 4 is 45.9 Å². The van der Waals surface area contributed by atoms with Gasteiger partial charge in [0.1, 0.15) is 5.82 Å². The normalized spacial score (nSPS) is 15.3. The maximum absolute atomic E-state index is 6.31. The van der Waals surface area contributed by atoms with Crippen molar-refractivity contribution < 1.29 is 0 Å². The smallest absolute Gasteiger partial charge is 0.227 e. The van der Waals surface area contributed by atoms with Crippen LogP contribution in [-0.2, 0) is 6.54 Å². The summed E-state index contributed by atoms with van der Waals surface area (Å²) in [5, 5.41) is 5.62. The number of piperazine rings is 1. The third kappa shape index (κ3) is 3.95. The van der Waals surface area contributed by atoms with Crippen LogP contribution in [0, 0.1) is 0 Å². The Bertz CT molecular complexity index is 954. The zero-order valence-electron chi connectivity index (χ0n) is 15.1. The van der Waals surface area contributed by atoms with Crippen LogP contribution in [-0.4, -0.2) is 48.1 Å². The molecule has 0 saturated carbocycles. The molecule has 0 unspecified atom stereocenters. The van der Waals surface area contributed by atoms with Crippen molar-refractivity contribution in [1.82, 2.24) is 14.9 Å². The highest BCUT2D eigenvalue weighted by Gasteiger charge is 2.21. The van der Waals surface area contributed by atoms with E-state index < -0.39 is 0 Å². The minimum atomic E-state index is 0.669. The lowest BCUT2D eigenvalue weighted by Gasteiger charge is -2.35. The zero-order valence-corrected chi connectivity index (χ0v) is 16.6. The van der Waals surface area contributed by atoms with Gasteiger partial charge in [-0.2, -0.15) is 4.98 Å². The van der Waals surface area contributed by atoms with Crippen LogP contribution in [0.5, 0.6) is 0 Å². The van der Waals surface area contributed by atoms with E-state index in [9.17, 15) is 0 Å². The van der Waals surface area contributed by atoms with Crippen molar-refractivity contribution in [2.24, 2.45) is 0 Å². The van der Waals surface area contributed by atoms with Crippen molar-refractivity contribution in [3.05, 3.63) is 58.1 Å². The van der Waals surface area contributed by atoms with Crippen LogP contribution in [0.2, 0.25) is 10.0 Å². The molecule has 0 atom stereocenters. The molecule has 0 spiro atoms. The van der Waals surface area contributed by atoms with Gasteiger partial charge < -0.3 is 10.2 Å². The fourth-order valence-corrected chi connectivity index (χ4v) is 3.86. The van der Waals surface area contributed by atoms with Gasteiger partial charge >= 0.3 is 0 Å². The third-order valence-corrected chi connectivity index (χ3v) is 5.48. The van der Waals surface area contributed by atoms with Crippen molar-refractivity contribution in [2.45, 2.75) is 6.54 Å². The maximum atomic E-state index is 6.31. The first-order valence-corrected chi connectivity index (χ1v) is 9.75. The lowest BCUT2D eigenvalue weighted by atomic mass is 10.2. The van der Waals surface area contributed by atoms with Crippen molar-refractivity contribution in [3.8, 4) is 0 Å². The monoisotopic (exact) mass is 401 g/mol. The van der Waals surface area contributed by atoms with E-state index in [1.807, 2.05) is 43.4 Å². The number of aromatic nitrogens is 2. The number of nitrogens with one attached hydrogen (secondary N) is 1. The topological polar surface area (TPSA) is 44.3 Å². The molecule has 1 aliphatic heterocycles. The predicted molar refractivity (Wildman–Crippen MR) is 113 cm³/mol. The standard InChI is InChI=1S/C20H21Cl2N5/c1-23-19-16-4-2-3-5-18(16)24-20(25-19)27-10-8-26(9-11-27)13-14-6-7-15(21)12-17(14)22/h2-7,12H,8-11,13H2,1H3,(H,23,24,25). The first-order valence-electron chi connectivity index (χ1n) is 9.00. The van der Waals surface area contributed by atoms with Gasteiger partial charge in [0.05, 0.1) is 5.52 Å². The van der Waals surface area contributed by atoms with Crippen molar-refractivity contribution in [3.63, 3.8) is 0 Å². The lowest BCUT2D eigenvalue weighted by molar-refractivity contribution is 0.249. The first kappa shape index (κ1) is 18.3. The number of hydrogen-bond donors (Lipinski definition) is 1. The average molecular weight is 402 g/mol. The number of nitrogens with zero attached hydrogens (tertiary/aromatic N) is 4. The van der Waals surface area contributed by atoms with E-state index in [1.54, 1.807) is 6.07 Å². The molecule has 1 N–H and O–H groups in total. The molecule has 2 heterocycles. The van der Waals surface area contributed by atoms with Gasteiger partial charge in [-0.15, -0.1) is 0 Å². The molecule has 0 amide bonds. The maximum Gasteiger partial charge on any atom is 0.227 e. The van der Waals surface area contributed by atoms with E-state index >= 15 is 0 Å². The molecular weight excluding hydrogens is 381 g/mol. The van der Waals surface area contributed by atoms with Crippen molar-refractivity contribution in [2.75, 3.05) is 43.4 Å². The van der Waals surface area contributed by atoms with Gasteiger partial charge in [-0.25, -0.2) is 4.98 Å². The molecule has 27 heavy (non-hydrogen) atoms. The molecule has 1 fully saturated rings. The summed E-state index contributed by atoms with van der Waals surface area (Å²) in [6, 6.07) is 13.8. The Morgan fingerprint density at radius 1 is 1.00 bits per heavy atom. The molecule has 0 radical (unpaired) electrons. The largest absolute Gasteiger partial charge is 0.372 e. The predicted octanol–water partition coefficient (Wildman–Crippen LogP) is 4.30. The Labute approximate surface area is 168 Å². The van der Waals surface area contributed by atoms with E-state index in [-0.39, 0.29) is 0 Å². The third-order valence-electron chi connectivity index (χ3n) is 4.89. The summed E-state index contributed by atoms with van der Waals surface area (Å²) in [6.07, 6.45) is 0. The highest BCUT2D eigenvalue weighted by Crippen LogP contribution is 2.25. The van der Waals surface area contributed by atoms with Crippen LogP contribution in [0.1, 0.15) is 5.56 Å². The highest BCUT2D eigenvalue weighted by molar-refractivity contribution is 6.35. The summed E-state index contributed by atoms with van der Waals surface area (Å²) in [4.78, 5) is 14.1. The quantitative estimate of drug-likeness (QED) is 0.705. The van der Waals surface area contributed by atoms with Crippen LogP contribution in [0.3, 0.4) is 0 Å². The Morgan fingerprint density at radius 2 is 1.78 bits per heavy atom. The molecule has 3 aromatic rings. The summed E-state index contributed by atoms with van der Waals surface area (Å²) in [5.41, 5.74) is 2.07. The van der Waals surface area contributed by atoms with E-state index in [4.69, 9.17) is 33.2 Å². The van der Waals surface area contributed by atoms with Crippen LogP contribution < -0.4 is 10.2 Å². The minimum absolute atomic E-state index is 0.669. The Balaban J connectivity index is 1.47. The van der Waals surface area contributed by atoms with Gasteiger partial charge in [-0.3, -0.25) is 4.90 Å². The van der Waals surface area contributed by atoms with Gasteiger partial charge in [0.15, 0.2) is 0 Å². The molecular formula is C20H21Cl2N5. The van der Waals surface area contributed by atoms with E-state index in [2.05, 4.69) is 15.1 Å². The van der Waals surface area contributed by atoms with Gasteiger partial charge in [0.2, 0.25) is 5.95 Å². The summed E-state index contributed by atoms with van der Waals surface area (Å²) in [7, 11) is 1.90. The minimum Gasteiger partial charge on any atom is -0.372 e. The molecule has 4 rings (SSSR count). The summed E-state index contributed by atoms with van der Waals surface area (Å²) in [6.45, 7) is 4.46. The van der Waals surface area contributed by atoms with E-state index in [0.717, 1.165) is 66.0 Å². The SMILES string of the molecule is CNc1nc(N2CCN(Cc3ccc(Cl)cc3Cl)CC2)nc2ccccc12. The first-order chi connectivity index (χ1) is 13.1. The number of rotatable bonds is 4. The summed E-state index contributed by atoms with van der Waals surface area (Å²) >= 11 is 12.3. The van der Waals surface area contributed by atoms with Crippen LogP contribution in [0.4, 0.5) is 11.8 Å². The molecule has 5 nitrogen and oxygen atoms in total. The van der Waals surface area contributed by atoms with Crippen LogP contribution >= 0.6 is 23.2 Å². The molecule has 1 aliphatic rings. The fourth-order valence-electron chi connectivity index (χ4n) is 3.39. The van der Waals surface area contributed by atoms with Crippen LogP contribution in [0.15, 0.2) is 42.5 Å².